The number of allylic oxidation sites excluding steroid dienone is 2. The van der Waals surface area contributed by atoms with Gasteiger partial charge in [-0.15, -0.1) is 0 Å². The van der Waals surface area contributed by atoms with E-state index < -0.39 is 59.9 Å². The summed E-state index contributed by atoms with van der Waals surface area (Å²) in [6.07, 6.45) is 2.86. The fraction of sp³-hybridized carbons (Fsp3) is 0.559. The molecule has 0 radical (unpaired) electrons. The van der Waals surface area contributed by atoms with Crippen molar-refractivity contribution in [1.82, 2.24) is 20.9 Å². The molecule has 2 unspecified atom stereocenters. The van der Waals surface area contributed by atoms with Crippen LogP contribution in [0.2, 0.25) is 0 Å². The number of hydrogen-bond acceptors (Lipinski definition) is 9. The van der Waals surface area contributed by atoms with Gasteiger partial charge in [0, 0.05) is 19.4 Å². The maximum Gasteiger partial charge on any atom is 0.408 e. The lowest BCUT2D eigenvalue weighted by molar-refractivity contribution is -0.147. The largest absolute Gasteiger partial charge is 0.467 e. The maximum atomic E-state index is 13.9. The number of nitrogens with zero attached hydrogens (tertiary/aromatic N) is 1. The minimum atomic E-state index is -1.25. The number of nitrogens with two attached hydrogens (primary N) is 1. The average Bonchev–Trinajstić information content (AvgIpc) is 3.72. The quantitative estimate of drug-likeness (QED) is 0.178. The highest BCUT2D eigenvalue weighted by Crippen LogP contribution is 2.22. The van der Waals surface area contributed by atoms with Gasteiger partial charge in [-0.05, 0) is 62.5 Å². The smallest absolute Gasteiger partial charge is 0.408 e. The van der Waals surface area contributed by atoms with E-state index in [1.807, 2.05) is 19.9 Å². The lowest BCUT2D eigenvalue weighted by Gasteiger charge is -2.30. The molecule has 1 saturated heterocycles. The first kappa shape index (κ1) is 37.7. The van der Waals surface area contributed by atoms with Crippen LogP contribution in [-0.2, 0) is 44.8 Å². The van der Waals surface area contributed by atoms with Crippen molar-refractivity contribution in [2.24, 2.45) is 11.7 Å². The van der Waals surface area contributed by atoms with Gasteiger partial charge in [0.1, 0.15) is 30.8 Å². The topological polar surface area (TPSA) is 203 Å². The van der Waals surface area contributed by atoms with Crippen molar-refractivity contribution in [3.05, 3.63) is 47.5 Å². The number of rotatable bonds is 17. The molecule has 14 nitrogen and oxygen atoms in total. The van der Waals surface area contributed by atoms with Crippen molar-refractivity contribution in [3.8, 4) is 0 Å². The second kappa shape index (κ2) is 18.6. The van der Waals surface area contributed by atoms with Crippen molar-refractivity contribution >= 4 is 41.5 Å². The summed E-state index contributed by atoms with van der Waals surface area (Å²) in [4.78, 5) is 90.8. The van der Waals surface area contributed by atoms with Gasteiger partial charge in [0.2, 0.25) is 23.6 Å². The molecule has 0 aromatic heterocycles. The van der Waals surface area contributed by atoms with E-state index in [1.54, 1.807) is 24.3 Å². The molecule has 2 aliphatic rings. The Morgan fingerprint density at radius 2 is 1.69 bits per heavy atom. The molecule has 1 aliphatic carbocycles. The number of primary amides is 1. The average molecular weight is 670 g/mol. The van der Waals surface area contributed by atoms with Crippen molar-refractivity contribution in [1.29, 1.82) is 0 Å². The summed E-state index contributed by atoms with van der Waals surface area (Å²) in [7, 11) is 1.23. The first-order valence-corrected chi connectivity index (χ1v) is 16.3. The number of nitrogens with one attached hydrogen (secondary N) is 3. The summed E-state index contributed by atoms with van der Waals surface area (Å²) in [5, 5.41) is 7.94. The third-order valence-corrected chi connectivity index (χ3v) is 8.27. The molecule has 1 aliphatic heterocycles. The minimum Gasteiger partial charge on any atom is -0.467 e. The van der Waals surface area contributed by atoms with Crippen LogP contribution in [-0.4, -0.2) is 84.2 Å². The molecule has 1 aromatic carbocycles. The first-order valence-electron chi connectivity index (χ1n) is 16.3. The highest BCUT2D eigenvalue weighted by molar-refractivity contribution is 5.95. The molecule has 0 spiro atoms. The Morgan fingerprint density at radius 3 is 2.31 bits per heavy atom. The van der Waals surface area contributed by atoms with Crippen LogP contribution in [0, 0.1) is 5.92 Å². The number of amides is 5. The Kier molecular flexibility index (Phi) is 14.6. The number of esters is 1. The Morgan fingerprint density at radius 1 is 0.958 bits per heavy atom. The van der Waals surface area contributed by atoms with Crippen LogP contribution in [0.15, 0.2) is 42.0 Å². The summed E-state index contributed by atoms with van der Waals surface area (Å²) < 4.78 is 10.2. The van der Waals surface area contributed by atoms with Crippen molar-refractivity contribution in [3.63, 3.8) is 0 Å². The monoisotopic (exact) mass is 669 g/mol. The lowest BCUT2D eigenvalue weighted by Crippen LogP contribution is -2.57. The first-order chi connectivity index (χ1) is 22.9. The molecule has 1 aromatic rings. The van der Waals surface area contributed by atoms with Crippen LogP contribution in [0.1, 0.15) is 77.2 Å². The second-order valence-corrected chi connectivity index (χ2v) is 12.5. The summed E-state index contributed by atoms with van der Waals surface area (Å²) in [6, 6.07) is 4.76. The number of ketones is 1. The number of likely N-dealkylation sites (tertiary alicyclic amines) is 1. The molecule has 1 heterocycles. The number of benzene rings is 1. The molecule has 5 amide bonds. The molecule has 1 fully saturated rings. The van der Waals surface area contributed by atoms with Crippen LogP contribution >= 0.6 is 0 Å². The van der Waals surface area contributed by atoms with Crippen LogP contribution in [0.25, 0.3) is 0 Å². The van der Waals surface area contributed by atoms with Gasteiger partial charge in [-0.1, -0.05) is 49.8 Å². The fourth-order valence-corrected chi connectivity index (χ4v) is 5.77. The van der Waals surface area contributed by atoms with Gasteiger partial charge in [0.05, 0.1) is 7.11 Å². The van der Waals surface area contributed by atoms with E-state index in [-0.39, 0.29) is 44.1 Å². The van der Waals surface area contributed by atoms with Crippen LogP contribution in [0.3, 0.4) is 0 Å². The van der Waals surface area contributed by atoms with E-state index in [4.69, 9.17) is 15.2 Å². The van der Waals surface area contributed by atoms with Crippen LogP contribution in [0.4, 0.5) is 4.79 Å². The van der Waals surface area contributed by atoms with E-state index in [0.29, 0.717) is 38.5 Å². The Balaban J connectivity index is 1.75. The SMILES string of the molecule is COC(=O)C(CC(C)C)NC(=O)[C@@H]1CCCN1C(=O)C(CCC(N)=O)NC(=O)[C@H](CCC1=CC(=O)CC1)NC(=O)OCc1ccccc1. The lowest BCUT2D eigenvalue weighted by atomic mass is 10.0. The van der Waals surface area contributed by atoms with Gasteiger partial charge in [-0.2, -0.15) is 0 Å². The molecule has 0 saturated carbocycles. The van der Waals surface area contributed by atoms with Gasteiger partial charge in [0.15, 0.2) is 5.78 Å². The standard InChI is InChI=1S/C34H47N5O9/c1-21(2)18-27(33(45)47-3)37-31(43)28-10-7-17-39(28)32(44)26(15-16-29(35)41)36-30(42)25(14-12-22-11-13-24(40)19-22)38-34(46)48-20-23-8-5-4-6-9-23/h4-6,8-9,19,21,25-28H,7,10-18,20H2,1-3H3,(H2,35,41)(H,36,42)(H,37,43)(H,38,46)/t25-,26?,27?,28-/m0/s1. The molecule has 262 valence electrons. The zero-order valence-electron chi connectivity index (χ0n) is 27.8. The fourth-order valence-electron chi connectivity index (χ4n) is 5.77. The zero-order chi connectivity index (χ0) is 35.2. The van der Waals surface area contributed by atoms with E-state index in [2.05, 4.69) is 16.0 Å². The van der Waals surface area contributed by atoms with Crippen molar-refractivity contribution in [2.75, 3.05) is 13.7 Å². The van der Waals surface area contributed by atoms with Gasteiger partial charge in [-0.3, -0.25) is 24.0 Å². The molecule has 48 heavy (non-hydrogen) atoms. The number of hydrogen-bond donors (Lipinski definition) is 4. The normalized spacial score (nSPS) is 17.6. The summed E-state index contributed by atoms with van der Waals surface area (Å²) in [5.74, 6) is -3.06. The summed E-state index contributed by atoms with van der Waals surface area (Å²) in [5.41, 5.74) is 6.96. The molecular formula is C34H47N5O9. The second-order valence-electron chi connectivity index (χ2n) is 12.5. The van der Waals surface area contributed by atoms with Gasteiger partial charge in [0.25, 0.3) is 0 Å². The van der Waals surface area contributed by atoms with Crippen LogP contribution < -0.4 is 21.7 Å². The van der Waals surface area contributed by atoms with E-state index in [9.17, 15) is 33.6 Å². The molecule has 4 atom stereocenters. The Bertz CT molecular complexity index is 1360. The predicted octanol–water partition coefficient (Wildman–Crippen LogP) is 1.80. The zero-order valence-corrected chi connectivity index (χ0v) is 27.8. The highest BCUT2D eigenvalue weighted by atomic mass is 16.5. The highest BCUT2D eigenvalue weighted by Gasteiger charge is 2.39. The third kappa shape index (κ3) is 11.8. The summed E-state index contributed by atoms with van der Waals surface area (Å²) in [6.45, 7) is 3.97. The summed E-state index contributed by atoms with van der Waals surface area (Å²) >= 11 is 0. The third-order valence-electron chi connectivity index (χ3n) is 8.27. The molecular weight excluding hydrogens is 622 g/mol. The van der Waals surface area contributed by atoms with Gasteiger partial charge in [-0.25, -0.2) is 9.59 Å². The number of alkyl carbamates (subject to hydrolysis) is 1. The Labute approximate surface area is 280 Å². The van der Waals surface area contributed by atoms with Crippen LogP contribution in [0.5, 0.6) is 0 Å². The molecule has 14 heteroatoms. The predicted molar refractivity (Wildman–Crippen MR) is 174 cm³/mol. The molecule has 3 rings (SSSR count). The van der Waals surface area contributed by atoms with Crippen molar-refractivity contribution < 1.29 is 43.0 Å². The maximum absolute atomic E-state index is 13.9. The van der Waals surface area contributed by atoms with Gasteiger partial charge < -0.3 is 36.1 Å². The number of ether oxygens (including phenoxy) is 2. The number of methoxy groups -OCH3 is 1. The number of carbonyl (C=O) groups is 7. The van der Waals surface area contributed by atoms with Crippen molar-refractivity contribution in [2.45, 2.75) is 102 Å². The van der Waals surface area contributed by atoms with E-state index in [1.165, 1.54) is 18.1 Å². The minimum absolute atomic E-state index is 0.00957. The van der Waals surface area contributed by atoms with E-state index >= 15 is 0 Å². The molecule has 5 N–H and O–H groups in total. The van der Waals surface area contributed by atoms with Gasteiger partial charge >= 0.3 is 12.1 Å². The number of carbonyl (C=O) groups excluding carboxylic acids is 7. The molecule has 0 bridgehead atoms. The van der Waals surface area contributed by atoms with E-state index in [0.717, 1.165) is 11.1 Å². The Hall–Kier alpha value is -4.75.